The molecule has 0 aliphatic carbocycles. The van der Waals surface area contributed by atoms with Crippen molar-refractivity contribution >= 4 is 17.7 Å². The number of amides is 3. The lowest BCUT2D eigenvalue weighted by molar-refractivity contribution is -0.139. The highest BCUT2D eigenvalue weighted by Crippen LogP contribution is 2.13. The van der Waals surface area contributed by atoms with Crippen molar-refractivity contribution < 1.29 is 14.4 Å². The van der Waals surface area contributed by atoms with Crippen LogP contribution in [0, 0.1) is 5.92 Å². The van der Waals surface area contributed by atoms with Crippen LogP contribution >= 0.6 is 0 Å². The van der Waals surface area contributed by atoms with Gasteiger partial charge < -0.3 is 10.6 Å². The Labute approximate surface area is 120 Å². The fourth-order valence-electron chi connectivity index (χ4n) is 2.07. The molecule has 3 amide bonds. The molecule has 1 aliphatic rings. The predicted molar refractivity (Wildman–Crippen MR) is 75.9 cm³/mol. The van der Waals surface area contributed by atoms with Gasteiger partial charge in [-0.25, -0.2) is 0 Å². The van der Waals surface area contributed by atoms with Crippen LogP contribution in [0.15, 0.2) is 0 Å². The molecule has 2 N–H and O–H groups in total. The number of carbonyl (C=O) groups excluding carboxylic acids is 3. The van der Waals surface area contributed by atoms with E-state index in [9.17, 15) is 14.4 Å². The molecule has 1 unspecified atom stereocenters. The molecular formula is C14H25N3O3. The van der Waals surface area contributed by atoms with Gasteiger partial charge in [0.15, 0.2) is 0 Å². The summed E-state index contributed by atoms with van der Waals surface area (Å²) in [5.74, 6) is 0.0926. The lowest BCUT2D eigenvalue weighted by Gasteiger charge is -2.14. The van der Waals surface area contributed by atoms with Crippen LogP contribution in [-0.4, -0.2) is 48.3 Å². The molecule has 0 aromatic rings. The predicted octanol–water partition coefficient (Wildman–Crippen LogP) is 0.276. The maximum absolute atomic E-state index is 11.9. The quantitative estimate of drug-likeness (QED) is 0.627. The second-order valence-corrected chi connectivity index (χ2v) is 5.54. The van der Waals surface area contributed by atoms with Gasteiger partial charge in [0.25, 0.3) is 0 Å². The van der Waals surface area contributed by atoms with Crippen molar-refractivity contribution in [2.45, 2.75) is 46.1 Å². The van der Waals surface area contributed by atoms with Gasteiger partial charge in [-0.2, -0.15) is 0 Å². The van der Waals surface area contributed by atoms with Crippen LogP contribution in [0.1, 0.15) is 40.0 Å². The van der Waals surface area contributed by atoms with Crippen molar-refractivity contribution in [1.29, 1.82) is 0 Å². The zero-order valence-electron chi connectivity index (χ0n) is 12.6. The first-order valence-electron chi connectivity index (χ1n) is 7.30. The molecule has 1 aliphatic heterocycles. The van der Waals surface area contributed by atoms with E-state index in [4.69, 9.17) is 0 Å². The van der Waals surface area contributed by atoms with E-state index < -0.39 is 6.04 Å². The maximum Gasteiger partial charge on any atom is 0.246 e. The van der Waals surface area contributed by atoms with Gasteiger partial charge >= 0.3 is 0 Å². The fraction of sp³-hybridized carbons (Fsp3) is 0.786. The van der Waals surface area contributed by atoms with Crippen molar-refractivity contribution in [2.24, 2.45) is 5.92 Å². The zero-order valence-corrected chi connectivity index (χ0v) is 12.6. The van der Waals surface area contributed by atoms with Gasteiger partial charge in [-0.3, -0.25) is 19.3 Å². The average molecular weight is 283 g/mol. The van der Waals surface area contributed by atoms with Crippen LogP contribution in [0.25, 0.3) is 0 Å². The highest BCUT2D eigenvalue weighted by molar-refractivity contribution is 6.05. The Morgan fingerprint density at radius 1 is 1.40 bits per heavy atom. The molecule has 1 rings (SSSR count). The Bertz CT molecular complexity index is 369. The molecular weight excluding hydrogens is 258 g/mol. The summed E-state index contributed by atoms with van der Waals surface area (Å²) in [6.07, 6.45) is 1.28. The Hall–Kier alpha value is -1.43. The summed E-state index contributed by atoms with van der Waals surface area (Å²) in [4.78, 5) is 36.4. The minimum absolute atomic E-state index is 0.0339. The summed E-state index contributed by atoms with van der Waals surface area (Å²) in [5.41, 5.74) is 0. The summed E-state index contributed by atoms with van der Waals surface area (Å²) in [7, 11) is 0. The molecule has 114 valence electrons. The van der Waals surface area contributed by atoms with E-state index in [1.165, 1.54) is 4.90 Å². The summed E-state index contributed by atoms with van der Waals surface area (Å²) in [6, 6.07) is -0.466. The van der Waals surface area contributed by atoms with Crippen molar-refractivity contribution in [3.05, 3.63) is 0 Å². The molecule has 0 bridgehead atoms. The number of imide groups is 1. The Kier molecular flexibility index (Phi) is 6.64. The molecule has 20 heavy (non-hydrogen) atoms. The van der Waals surface area contributed by atoms with E-state index in [0.717, 1.165) is 6.42 Å². The Morgan fingerprint density at radius 2 is 2.10 bits per heavy atom. The molecule has 0 aromatic heterocycles. The van der Waals surface area contributed by atoms with Gasteiger partial charge in [0.05, 0.1) is 12.5 Å². The molecule has 1 heterocycles. The van der Waals surface area contributed by atoms with Crippen molar-refractivity contribution in [3.8, 4) is 0 Å². The summed E-state index contributed by atoms with van der Waals surface area (Å²) in [5, 5.41) is 5.81. The largest absolute Gasteiger partial charge is 0.356 e. The maximum atomic E-state index is 11.9. The van der Waals surface area contributed by atoms with Gasteiger partial charge in [0.2, 0.25) is 17.7 Å². The minimum Gasteiger partial charge on any atom is -0.356 e. The fourth-order valence-corrected chi connectivity index (χ4v) is 2.07. The van der Waals surface area contributed by atoms with E-state index >= 15 is 0 Å². The highest BCUT2D eigenvalue weighted by Gasteiger charge is 2.37. The van der Waals surface area contributed by atoms with Crippen LogP contribution < -0.4 is 10.6 Å². The van der Waals surface area contributed by atoms with Crippen LogP contribution in [0.3, 0.4) is 0 Å². The minimum atomic E-state index is -0.466. The van der Waals surface area contributed by atoms with Gasteiger partial charge in [-0.15, -0.1) is 0 Å². The smallest absolute Gasteiger partial charge is 0.246 e. The number of hydrogen-bond donors (Lipinski definition) is 2. The van der Waals surface area contributed by atoms with E-state index in [0.29, 0.717) is 32.0 Å². The number of rotatable bonds is 8. The Morgan fingerprint density at radius 3 is 2.70 bits per heavy atom. The first kappa shape index (κ1) is 16.6. The van der Waals surface area contributed by atoms with E-state index in [2.05, 4.69) is 10.6 Å². The SMILES string of the molecule is CCCN1C(=O)CC(NCCC(=O)NCC(C)C)C1=O. The zero-order chi connectivity index (χ0) is 15.1. The topological polar surface area (TPSA) is 78.5 Å². The first-order valence-corrected chi connectivity index (χ1v) is 7.30. The standard InChI is InChI=1S/C14H25N3O3/c1-4-7-17-13(19)8-11(14(17)20)15-6-5-12(18)16-9-10(2)3/h10-11,15H,4-9H2,1-3H3,(H,16,18). The summed E-state index contributed by atoms with van der Waals surface area (Å²) >= 11 is 0. The third kappa shape index (κ3) is 4.92. The van der Waals surface area contributed by atoms with Crippen molar-refractivity contribution in [1.82, 2.24) is 15.5 Å². The number of nitrogens with zero attached hydrogens (tertiary/aromatic N) is 1. The van der Waals surface area contributed by atoms with Gasteiger partial charge in [0.1, 0.15) is 0 Å². The molecule has 6 nitrogen and oxygen atoms in total. The van der Waals surface area contributed by atoms with Crippen LogP contribution in [0.4, 0.5) is 0 Å². The van der Waals surface area contributed by atoms with E-state index in [1.54, 1.807) is 0 Å². The van der Waals surface area contributed by atoms with Crippen LogP contribution in [0.2, 0.25) is 0 Å². The number of nitrogens with one attached hydrogen (secondary N) is 2. The van der Waals surface area contributed by atoms with Gasteiger partial charge in [0, 0.05) is 26.1 Å². The summed E-state index contributed by atoms with van der Waals surface area (Å²) in [6.45, 7) is 7.54. The van der Waals surface area contributed by atoms with Crippen LogP contribution in [0.5, 0.6) is 0 Å². The number of likely N-dealkylation sites (tertiary alicyclic amines) is 1. The molecule has 1 fully saturated rings. The highest BCUT2D eigenvalue weighted by atomic mass is 16.2. The number of hydrogen-bond acceptors (Lipinski definition) is 4. The molecule has 0 aromatic carbocycles. The molecule has 0 saturated carbocycles. The monoisotopic (exact) mass is 283 g/mol. The normalized spacial score (nSPS) is 19.0. The molecule has 6 heteroatoms. The molecule has 1 saturated heterocycles. The number of carbonyl (C=O) groups is 3. The van der Waals surface area contributed by atoms with Crippen LogP contribution in [-0.2, 0) is 14.4 Å². The van der Waals surface area contributed by atoms with E-state index in [1.807, 2.05) is 20.8 Å². The first-order chi connectivity index (χ1) is 9.45. The third-order valence-electron chi connectivity index (χ3n) is 3.14. The second-order valence-electron chi connectivity index (χ2n) is 5.54. The molecule has 1 atom stereocenters. The summed E-state index contributed by atoms with van der Waals surface area (Å²) < 4.78 is 0. The van der Waals surface area contributed by atoms with Crippen molar-refractivity contribution in [2.75, 3.05) is 19.6 Å². The van der Waals surface area contributed by atoms with E-state index in [-0.39, 0.29) is 24.1 Å². The van der Waals surface area contributed by atoms with Gasteiger partial charge in [-0.1, -0.05) is 20.8 Å². The third-order valence-corrected chi connectivity index (χ3v) is 3.14. The van der Waals surface area contributed by atoms with Crippen molar-refractivity contribution in [3.63, 3.8) is 0 Å². The average Bonchev–Trinajstić information content (AvgIpc) is 2.65. The lowest BCUT2D eigenvalue weighted by atomic mass is 10.2. The van der Waals surface area contributed by atoms with Gasteiger partial charge in [-0.05, 0) is 12.3 Å². The second kappa shape index (κ2) is 7.99. The Balaban J connectivity index is 2.27. The molecule has 0 radical (unpaired) electrons. The lowest BCUT2D eigenvalue weighted by Crippen LogP contribution is -2.40. The molecule has 0 spiro atoms.